The van der Waals surface area contributed by atoms with Gasteiger partial charge in [0.05, 0.1) is 7.11 Å². The fourth-order valence-corrected chi connectivity index (χ4v) is 3.76. The second-order valence-corrected chi connectivity index (χ2v) is 6.64. The molecule has 0 atom stereocenters. The van der Waals surface area contributed by atoms with E-state index in [4.69, 9.17) is 9.15 Å². The summed E-state index contributed by atoms with van der Waals surface area (Å²) >= 11 is 0. The first kappa shape index (κ1) is 17.1. The Hall–Kier alpha value is -3.33. The summed E-state index contributed by atoms with van der Waals surface area (Å²) in [6.07, 6.45) is 0. The number of aryl methyl sites for hydroxylation is 2. The third-order valence-corrected chi connectivity index (χ3v) is 4.92. The lowest BCUT2D eigenvalue weighted by Gasteiger charge is -2.16. The molecule has 0 saturated heterocycles. The number of fused-ring (bicyclic) bond motifs is 1. The van der Waals surface area contributed by atoms with Crippen molar-refractivity contribution in [2.75, 3.05) is 7.11 Å². The molecule has 1 aromatic heterocycles. The van der Waals surface area contributed by atoms with Gasteiger partial charge in [-0.25, -0.2) is 4.79 Å². The van der Waals surface area contributed by atoms with Gasteiger partial charge < -0.3 is 9.15 Å². The van der Waals surface area contributed by atoms with Crippen LogP contribution in [0.1, 0.15) is 11.1 Å². The van der Waals surface area contributed by atoms with Crippen molar-refractivity contribution in [2.45, 2.75) is 13.8 Å². The first-order valence-electron chi connectivity index (χ1n) is 8.86. The molecule has 0 fully saturated rings. The maximum absolute atomic E-state index is 12.2. The Kier molecular flexibility index (Phi) is 4.28. The minimum atomic E-state index is -0.339. The second kappa shape index (κ2) is 6.76. The minimum absolute atomic E-state index is 0.339. The Morgan fingerprint density at radius 2 is 1.59 bits per heavy atom. The molecule has 0 bridgehead atoms. The third kappa shape index (κ3) is 3.02. The highest BCUT2D eigenvalue weighted by Crippen LogP contribution is 2.38. The van der Waals surface area contributed by atoms with Crippen LogP contribution in [0.4, 0.5) is 0 Å². The summed E-state index contributed by atoms with van der Waals surface area (Å²) in [7, 11) is 1.67. The molecule has 0 saturated carbocycles. The first-order valence-corrected chi connectivity index (χ1v) is 8.86. The molecule has 0 aliphatic carbocycles. The van der Waals surface area contributed by atoms with Crippen LogP contribution >= 0.6 is 0 Å². The van der Waals surface area contributed by atoms with Crippen molar-refractivity contribution in [1.82, 2.24) is 0 Å². The zero-order valence-corrected chi connectivity index (χ0v) is 15.6. The van der Waals surface area contributed by atoms with Crippen LogP contribution in [0, 0.1) is 13.8 Å². The summed E-state index contributed by atoms with van der Waals surface area (Å²) < 4.78 is 10.9. The zero-order chi connectivity index (χ0) is 19.0. The highest BCUT2D eigenvalue weighted by atomic mass is 16.5. The van der Waals surface area contributed by atoms with Crippen LogP contribution in [-0.4, -0.2) is 7.11 Å². The predicted octanol–water partition coefficient (Wildman–Crippen LogP) is 5.75. The molecule has 0 unspecified atom stereocenters. The van der Waals surface area contributed by atoms with E-state index in [0.29, 0.717) is 5.58 Å². The van der Waals surface area contributed by atoms with E-state index in [1.54, 1.807) is 13.2 Å². The van der Waals surface area contributed by atoms with Gasteiger partial charge in [-0.1, -0.05) is 42.5 Å². The Morgan fingerprint density at radius 1 is 0.852 bits per heavy atom. The lowest BCUT2D eigenvalue weighted by molar-refractivity contribution is 0.415. The fourth-order valence-electron chi connectivity index (χ4n) is 3.76. The summed E-state index contributed by atoms with van der Waals surface area (Å²) in [4.78, 5) is 12.2. The van der Waals surface area contributed by atoms with Crippen LogP contribution < -0.4 is 10.4 Å². The maximum Gasteiger partial charge on any atom is 0.336 e. The molecular weight excluding hydrogens is 336 g/mol. The summed E-state index contributed by atoms with van der Waals surface area (Å²) in [6, 6.07) is 21.5. The largest absolute Gasteiger partial charge is 0.497 e. The van der Waals surface area contributed by atoms with Gasteiger partial charge in [0.1, 0.15) is 11.3 Å². The van der Waals surface area contributed by atoms with E-state index in [1.165, 1.54) is 0 Å². The third-order valence-electron chi connectivity index (χ3n) is 4.92. The number of rotatable bonds is 3. The van der Waals surface area contributed by atoms with Gasteiger partial charge in [-0.2, -0.15) is 0 Å². The molecule has 0 aliphatic rings. The molecule has 3 nitrogen and oxygen atoms in total. The summed E-state index contributed by atoms with van der Waals surface area (Å²) in [5, 5.41) is 0.962. The monoisotopic (exact) mass is 356 g/mol. The SMILES string of the molecule is COc1cccc(-c2c(C)cc3oc(=O)cc(-c4ccccc4)c3c2C)c1. The van der Waals surface area contributed by atoms with Crippen molar-refractivity contribution in [3.63, 3.8) is 0 Å². The van der Waals surface area contributed by atoms with Crippen LogP contribution in [-0.2, 0) is 0 Å². The average molecular weight is 356 g/mol. The van der Waals surface area contributed by atoms with E-state index in [1.807, 2.05) is 61.5 Å². The van der Waals surface area contributed by atoms with Gasteiger partial charge in [0.2, 0.25) is 0 Å². The molecule has 0 N–H and O–H groups in total. The molecule has 0 amide bonds. The van der Waals surface area contributed by atoms with E-state index in [2.05, 4.69) is 13.0 Å². The van der Waals surface area contributed by atoms with E-state index in [-0.39, 0.29) is 5.63 Å². The number of hydrogen-bond acceptors (Lipinski definition) is 3. The molecular formula is C24H20O3. The van der Waals surface area contributed by atoms with Crippen LogP contribution in [0.15, 0.2) is 75.9 Å². The van der Waals surface area contributed by atoms with Crippen molar-refractivity contribution >= 4 is 11.0 Å². The molecule has 0 aliphatic heterocycles. The Balaban J connectivity index is 2.08. The zero-order valence-electron chi connectivity index (χ0n) is 15.6. The molecule has 4 rings (SSSR count). The topological polar surface area (TPSA) is 39.4 Å². The van der Waals surface area contributed by atoms with Gasteiger partial charge in [0.15, 0.2) is 0 Å². The molecule has 3 aromatic carbocycles. The highest BCUT2D eigenvalue weighted by Gasteiger charge is 2.16. The van der Waals surface area contributed by atoms with Crippen LogP contribution in [0.2, 0.25) is 0 Å². The van der Waals surface area contributed by atoms with Crippen molar-refractivity contribution in [3.8, 4) is 28.0 Å². The number of benzene rings is 3. The Morgan fingerprint density at radius 3 is 2.33 bits per heavy atom. The van der Waals surface area contributed by atoms with Crippen LogP contribution in [0.3, 0.4) is 0 Å². The van der Waals surface area contributed by atoms with Gasteiger partial charge in [-0.05, 0) is 59.9 Å². The molecule has 0 radical (unpaired) electrons. The molecule has 1 heterocycles. The van der Waals surface area contributed by atoms with Gasteiger partial charge in [0.25, 0.3) is 0 Å². The lowest BCUT2D eigenvalue weighted by atomic mass is 9.89. The van der Waals surface area contributed by atoms with E-state index < -0.39 is 0 Å². The van der Waals surface area contributed by atoms with Crippen LogP contribution in [0.25, 0.3) is 33.2 Å². The van der Waals surface area contributed by atoms with Gasteiger partial charge in [-0.3, -0.25) is 0 Å². The van der Waals surface area contributed by atoms with Crippen molar-refractivity contribution in [3.05, 3.63) is 88.3 Å². The first-order chi connectivity index (χ1) is 13.1. The predicted molar refractivity (Wildman–Crippen MR) is 109 cm³/mol. The molecule has 3 heteroatoms. The maximum atomic E-state index is 12.2. The number of ether oxygens (including phenoxy) is 1. The fraction of sp³-hybridized carbons (Fsp3) is 0.125. The van der Waals surface area contributed by atoms with Crippen LogP contribution in [0.5, 0.6) is 5.75 Å². The van der Waals surface area contributed by atoms with Gasteiger partial charge >= 0.3 is 5.63 Å². The highest BCUT2D eigenvalue weighted by molar-refractivity contribution is 6.00. The summed E-state index contributed by atoms with van der Waals surface area (Å²) in [5.41, 5.74) is 6.52. The number of hydrogen-bond donors (Lipinski definition) is 0. The van der Waals surface area contributed by atoms with E-state index in [0.717, 1.165) is 44.5 Å². The molecule has 134 valence electrons. The molecule has 27 heavy (non-hydrogen) atoms. The van der Waals surface area contributed by atoms with Crippen molar-refractivity contribution < 1.29 is 9.15 Å². The minimum Gasteiger partial charge on any atom is -0.497 e. The molecule has 0 spiro atoms. The second-order valence-electron chi connectivity index (χ2n) is 6.64. The van der Waals surface area contributed by atoms with E-state index in [9.17, 15) is 4.79 Å². The smallest absolute Gasteiger partial charge is 0.336 e. The Labute approximate surface area is 157 Å². The average Bonchev–Trinajstić information content (AvgIpc) is 2.68. The summed E-state index contributed by atoms with van der Waals surface area (Å²) in [6.45, 7) is 4.12. The van der Waals surface area contributed by atoms with Crippen molar-refractivity contribution in [2.24, 2.45) is 0 Å². The Bertz CT molecular complexity index is 1190. The van der Waals surface area contributed by atoms with Crippen molar-refractivity contribution in [1.29, 1.82) is 0 Å². The molecule has 4 aromatic rings. The number of methoxy groups -OCH3 is 1. The quantitative estimate of drug-likeness (QED) is 0.439. The normalized spacial score (nSPS) is 10.9. The van der Waals surface area contributed by atoms with E-state index >= 15 is 0 Å². The standard InChI is InChI=1S/C24H20O3/c1-15-12-21-24(16(2)23(15)18-10-7-11-19(13-18)26-3)20(14-22(25)27-21)17-8-5-4-6-9-17/h4-14H,1-3H3. The van der Waals surface area contributed by atoms with Gasteiger partial charge in [0, 0.05) is 17.0 Å². The van der Waals surface area contributed by atoms with Gasteiger partial charge in [-0.15, -0.1) is 0 Å². The summed E-state index contributed by atoms with van der Waals surface area (Å²) in [5.74, 6) is 0.814. The lowest BCUT2D eigenvalue weighted by Crippen LogP contribution is -2.01.